The van der Waals surface area contributed by atoms with Gasteiger partial charge in [0.15, 0.2) is 0 Å². The molecule has 1 saturated heterocycles. The van der Waals surface area contributed by atoms with E-state index in [-0.39, 0.29) is 12.0 Å². The van der Waals surface area contributed by atoms with Crippen molar-refractivity contribution in [2.75, 3.05) is 26.3 Å². The summed E-state index contributed by atoms with van der Waals surface area (Å²) in [5.74, 6) is 0.560. The van der Waals surface area contributed by atoms with Gasteiger partial charge in [0.25, 0.3) is 0 Å². The second-order valence-electron chi connectivity index (χ2n) is 6.22. The van der Waals surface area contributed by atoms with Gasteiger partial charge in [-0.1, -0.05) is 25.1 Å². The van der Waals surface area contributed by atoms with E-state index in [9.17, 15) is 4.79 Å². The van der Waals surface area contributed by atoms with Gasteiger partial charge in [-0.25, -0.2) is 4.98 Å². The number of benzene rings is 1. The zero-order chi connectivity index (χ0) is 17.6. The number of hydrogen-bond acceptors (Lipinski definition) is 4. The highest BCUT2D eigenvalue weighted by Crippen LogP contribution is 2.24. The Kier molecular flexibility index (Phi) is 5.66. The Morgan fingerprint density at radius 2 is 2.28 bits per heavy atom. The van der Waals surface area contributed by atoms with Crippen LogP contribution in [0.5, 0.6) is 5.88 Å². The normalized spacial score (nSPS) is 18.0. The molecule has 2 heterocycles. The maximum atomic E-state index is 12.4. The number of aromatic nitrogens is 1. The van der Waals surface area contributed by atoms with Crippen LogP contribution in [0.2, 0.25) is 0 Å². The number of rotatable bonds is 5. The summed E-state index contributed by atoms with van der Waals surface area (Å²) < 4.78 is 11.3. The third-order valence-corrected chi connectivity index (χ3v) is 4.12. The monoisotopic (exact) mass is 340 g/mol. The number of nitrogens with zero attached hydrogens (tertiary/aromatic N) is 2. The Balaban J connectivity index is 1.84. The van der Waals surface area contributed by atoms with Crippen molar-refractivity contribution >= 4 is 22.9 Å². The second-order valence-corrected chi connectivity index (χ2v) is 6.22. The molecule has 0 spiro atoms. The van der Waals surface area contributed by atoms with Crippen LogP contribution in [-0.4, -0.2) is 48.2 Å². The summed E-state index contributed by atoms with van der Waals surface area (Å²) >= 11 is 0. The van der Waals surface area contributed by atoms with E-state index < -0.39 is 0 Å². The molecule has 25 heavy (non-hydrogen) atoms. The average Bonchev–Trinajstić information content (AvgIpc) is 2.64. The Bertz CT molecular complexity index is 773. The van der Waals surface area contributed by atoms with Crippen molar-refractivity contribution in [3.05, 3.63) is 42.0 Å². The minimum Gasteiger partial charge on any atom is -0.477 e. The lowest BCUT2D eigenvalue weighted by atomic mass is 10.1. The van der Waals surface area contributed by atoms with Crippen molar-refractivity contribution in [3.8, 4) is 5.88 Å². The molecule has 0 radical (unpaired) electrons. The smallest absolute Gasteiger partial charge is 0.246 e. The van der Waals surface area contributed by atoms with Gasteiger partial charge in [-0.15, -0.1) is 0 Å². The predicted molar refractivity (Wildman–Crippen MR) is 98.6 cm³/mol. The Hall–Kier alpha value is -2.40. The van der Waals surface area contributed by atoms with Crippen molar-refractivity contribution in [2.24, 2.45) is 0 Å². The number of carbonyl (C=O) groups is 1. The molecule has 3 rings (SSSR count). The molecule has 1 unspecified atom stereocenters. The number of ether oxygens (including phenoxy) is 2. The third kappa shape index (κ3) is 4.37. The second kappa shape index (κ2) is 8.12. The number of amides is 1. The minimum absolute atomic E-state index is 0.00949. The number of fused-ring (bicyclic) bond motifs is 1. The summed E-state index contributed by atoms with van der Waals surface area (Å²) in [6, 6.07) is 9.91. The van der Waals surface area contributed by atoms with E-state index in [1.54, 1.807) is 12.2 Å². The largest absolute Gasteiger partial charge is 0.477 e. The van der Waals surface area contributed by atoms with Crippen LogP contribution < -0.4 is 4.74 Å². The zero-order valence-corrected chi connectivity index (χ0v) is 14.8. The van der Waals surface area contributed by atoms with Gasteiger partial charge in [-0.2, -0.15) is 0 Å². The number of pyridine rings is 1. The van der Waals surface area contributed by atoms with Crippen LogP contribution in [0.1, 0.15) is 25.8 Å². The Morgan fingerprint density at radius 3 is 3.08 bits per heavy atom. The van der Waals surface area contributed by atoms with Gasteiger partial charge in [0.2, 0.25) is 11.8 Å². The van der Waals surface area contributed by atoms with Gasteiger partial charge in [0.05, 0.1) is 24.8 Å². The Morgan fingerprint density at radius 1 is 1.44 bits per heavy atom. The van der Waals surface area contributed by atoms with E-state index in [0.717, 1.165) is 22.9 Å². The van der Waals surface area contributed by atoms with Gasteiger partial charge < -0.3 is 14.4 Å². The van der Waals surface area contributed by atoms with Crippen molar-refractivity contribution in [1.82, 2.24) is 9.88 Å². The van der Waals surface area contributed by atoms with E-state index in [0.29, 0.717) is 32.2 Å². The molecule has 0 saturated carbocycles. The zero-order valence-electron chi connectivity index (χ0n) is 14.8. The molecular weight excluding hydrogens is 316 g/mol. The van der Waals surface area contributed by atoms with E-state index in [2.05, 4.69) is 11.9 Å². The fourth-order valence-corrected chi connectivity index (χ4v) is 2.83. The fraction of sp³-hybridized carbons (Fsp3) is 0.400. The molecule has 1 aromatic heterocycles. The SMILES string of the molecule is CCCOc1nc2ccccc2cc1/C=C/C(=O)N1CCOC(C)C1. The number of morpholine rings is 1. The quantitative estimate of drug-likeness (QED) is 0.784. The summed E-state index contributed by atoms with van der Waals surface area (Å²) in [5.41, 5.74) is 1.71. The van der Waals surface area contributed by atoms with Gasteiger partial charge in [-0.05, 0) is 31.6 Å². The van der Waals surface area contributed by atoms with Crippen LogP contribution in [0.15, 0.2) is 36.4 Å². The lowest BCUT2D eigenvalue weighted by Gasteiger charge is -2.30. The third-order valence-electron chi connectivity index (χ3n) is 4.12. The molecule has 1 amide bonds. The molecular formula is C20H24N2O3. The first-order valence-corrected chi connectivity index (χ1v) is 8.78. The molecule has 0 bridgehead atoms. The summed E-state index contributed by atoms with van der Waals surface area (Å²) in [4.78, 5) is 18.8. The molecule has 5 nitrogen and oxygen atoms in total. The van der Waals surface area contributed by atoms with E-state index in [1.807, 2.05) is 42.2 Å². The molecule has 2 aromatic rings. The summed E-state index contributed by atoms with van der Waals surface area (Å²) in [5, 5.41) is 1.03. The van der Waals surface area contributed by atoms with Crippen LogP contribution in [-0.2, 0) is 9.53 Å². The van der Waals surface area contributed by atoms with Crippen molar-refractivity contribution < 1.29 is 14.3 Å². The number of para-hydroxylation sites is 1. The highest BCUT2D eigenvalue weighted by atomic mass is 16.5. The van der Waals surface area contributed by atoms with Crippen molar-refractivity contribution in [2.45, 2.75) is 26.4 Å². The first-order chi connectivity index (χ1) is 12.2. The molecule has 0 aliphatic carbocycles. The molecule has 1 fully saturated rings. The summed E-state index contributed by atoms with van der Waals surface area (Å²) in [6.07, 6.45) is 4.38. The van der Waals surface area contributed by atoms with Crippen molar-refractivity contribution in [3.63, 3.8) is 0 Å². The fourth-order valence-electron chi connectivity index (χ4n) is 2.83. The lowest BCUT2D eigenvalue weighted by Crippen LogP contribution is -2.43. The molecule has 1 atom stereocenters. The highest BCUT2D eigenvalue weighted by Gasteiger charge is 2.19. The van der Waals surface area contributed by atoms with Crippen LogP contribution in [0.4, 0.5) is 0 Å². The number of hydrogen-bond donors (Lipinski definition) is 0. The first-order valence-electron chi connectivity index (χ1n) is 8.78. The van der Waals surface area contributed by atoms with Crippen LogP contribution in [0.25, 0.3) is 17.0 Å². The summed E-state index contributed by atoms with van der Waals surface area (Å²) in [7, 11) is 0. The topological polar surface area (TPSA) is 51.7 Å². The van der Waals surface area contributed by atoms with Crippen LogP contribution in [0, 0.1) is 0 Å². The minimum atomic E-state index is -0.00949. The van der Waals surface area contributed by atoms with Crippen LogP contribution in [0.3, 0.4) is 0 Å². The molecule has 1 aliphatic rings. The number of carbonyl (C=O) groups excluding carboxylic acids is 1. The van der Waals surface area contributed by atoms with Gasteiger partial charge >= 0.3 is 0 Å². The van der Waals surface area contributed by atoms with E-state index in [4.69, 9.17) is 9.47 Å². The van der Waals surface area contributed by atoms with Gasteiger partial charge in [-0.3, -0.25) is 4.79 Å². The lowest BCUT2D eigenvalue weighted by molar-refractivity contribution is -0.132. The van der Waals surface area contributed by atoms with Crippen LogP contribution >= 0.6 is 0 Å². The van der Waals surface area contributed by atoms with Crippen molar-refractivity contribution in [1.29, 1.82) is 0 Å². The molecule has 1 aliphatic heterocycles. The Labute approximate surface area is 148 Å². The van der Waals surface area contributed by atoms with E-state index >= 15 is 0 Å². The van der Waals surface area contributed by atoms with Gasteiger partial charge in [0.1, 0.15) is 0 Å². The predicted octanol–water partition coefficient (Wildman–Crippen LogP) is 3.28. The average molecular weight is 340 g/mol. The first kappa shape index (κ1) is 17.4. The van der Waals surface area contributed by atoms with Gasteiger partial charge in [0, 0.05) is 30.1 Å². The maximum Gasteiger partial charge on any atom is 0.246 e. The van der Waals surface area contributed by atoms with E-state index in [1.165, 1.54) is 0 Å². The molecule has 0 N–H and O–H groups in total. The maximum absolute atomic E-state index is 12.4. The highest BCUT2D eigenvalue weighted by molar-refractivity contribution is 5.93. The standard InChI is InChI=1S/C20H24N2O3/c1-3-11-25-20-17(13-16-6-4-5-7-18(16)21-20)8-9-19(23)22-10-12-24-15(2)14-22/h4-9,13,15H,3,10-12,14H2,1-2H3/b9-8+. The molecule has 132 valence electrons. The summed E-state index contributed by atoms with van der Waals surface area (Å²) in [6.45, 7) is 6.47. The molecule has 1 aromatic carbocycles. The molecule has 5 heteroatoms.